The van der Waals surface area contributed by atoms with Crippen LogP contribution in [0.25, 0.3) is 12.2 Å². The van der Waals surface area contributed by atoms with Crippen LogP contribution in [0.1, 0.15) is 66.4 Å². The van der Waals surface area contributed by atoms with Crippen LogP contribution < -0.4 is 10.4 Å². The topological polar surface area (TPSA) is 26.7 Å². The van der Waals surface area contributed by atoms with E-state index in [2.05, 4.69) is 59.2 Å². The van der Waals surface area contributed by atoms with E-state index in [1.165, 1.54) is 24.1 Å². The SMILES string of the molecule is CC.CC.C\C=C/C=c1/c(CN2CCN(C3=CCCC=C3)CC2)ccc(O)/c1=C\CC. The van der Waals surface area contributed by atoms with Crippen molar-refractivity contribution in [3.05, 3.63) is 64.2 Å². The van der Waals surface area contributed by atoms with Crippen LogP contribution in [0.15, 0.2) is 48.2 Å². The van der Waals surface area contributed by atoms with E-state index in [1.807, 2.05) is 46.8 Å². The monoisotopic (exact) mass is 424 g/mol. The zero-order chi connectivity index (χ0) is 23.1. The Morgan fingerprint density at radius 3 is 2.26 bits per heavy atom. The summed E-state index contributed by atoms with van der Waals surface area (Å²) in [7, 11) is 0. The van der Waals surface area contributed by atoms with Gasteiger partial charge in [0, 0.05) is 43.6 Å². The molecule has 1 saturated heterocycles. The molecule has 0 saturated carbocycles. The van der Waals surface area contributed by atoms with Crippen LogP contribution in [0.5, 0.6) is 5.75 Å². The molecular weight excluding hydrogens is 380 g/mol. The maximum atomic E-state index is 10.3. The van der Waals surface area contributed by atoms with Crippen molar-refractivity contribution in [2.75, 3.05) is 26.2 Å². The lowest BCUT2D eigenvalue weighted by Gasteiger charge is -2.37. The zero-order valence-corrected chi connectivity index (χ0v) is 20.7. The lowest BCUT2D eigenvalue weighted by Crippen LogP contribution is -2.46. The Bertz CT molecular complexity index is 840. The van der Waals surface area contributed by atoms with E-state index in [1.54, 1.807) is 0 Å². The lowest BCUT2D eigenvalue weighted by molar-refractivity contribution is 0.155. The minimum atomic E-state index is 0.372. The quantitative estimate of drug-likeness (QED) is 0.691. The summed E-state index contributed by atoms with van der Waals surface area (Å²) in [5.74, 6) is 0.372. The van der Waals surface area contributed by atoms with Gasteiger partial charge in [-0.05, 0) is 49.1 Å². The van der Waals surface area contributed by atoms with Crippen molar-refractivity contribution in [2.24, 2.45) is 0 Å². The Labute approximate surface area is 190 Å². The Kier molecular flexibility index (Phi) is 13.4. The number of benzene rings is 1. The van der Waals surface area contributed by atoms with E-state index in [9.17, 15) is 5.11 Å². The number of nitrogens with zero attached hydrogens (tertiary/aromatic N) is 2. The van der Waals surface area contributed by atoms with Crippen molar-refractivity contribution in [2.45, 2.75) is 67.3 Å². The molecule has 3 heteroatoms. The molecule has 2 aliphatic rings. The predicted molar refractivity (Wildman–Crippen MR) is 137 cm³/mol. The van der Waals surface area contributed by atoms with Gasteiger partial charge in [0.1, 0.15) is 5.75 Å². The average Bonchev–Trinajstić information content (AvgIpc) is 2.84. The zero-order valence-electron chi connectivity index (χ0n) is 20.7. The third kappa shape index (κ3) is 8.06. The maximum Gasteiger partial charge on any atom is 0.123 e. The van der Waals surface area contributed by atoms with Gasteiger partial charge in [-0.25, -0.2) is 0 Å². The van der Waals surface area contributed by atoms with Crippen LogP contribution in [0.3, 0.4) is 0 Å². The van der Waals surface area contributed by atoms with Crippen molar-refractivity contribution in [1.29, 1.82) is 0 Å². The van der Waals surface area contributed by atoms with Crippen molar-refractivity contribution in [3.63, 3.8) is 0 Å². The van der Waals surface area contributed by atoms with Gasteiger partial charge >= 0.3 is 0 Å². The molecule has 1 aromatic rings. The average molecular weight is 425 g/mol. The Morgan fingerprint density at radius 2 is 1.68 bits per heavy atom. The Morgan fingerprint density at radius 1 is 0.968 bits per heavy atom. The van der Waals surface area contributed by atoms with E-state index in [-0.39, 0.29) is 0 Å². The van der Waals surface area contributed by atoms with Gasteiger partial charge in [-0.2, -0.15) is 0 Å². The highest BCUT2D eigenvalue weighted by Gasteiger charge is 2.18. The summed E-state index contributed by atoms with van der Waals surface area (Å²) in [4.78, 5) is 5.03. The number of phenols is 1. The molecule has 31 heavy (non-hydrogen) atoms. The van der Waals surface area contributed by atoms with Gasteiger partial charge < -0.3 is 10.0 Å². The van der Waals surface area contributed by atoms with Crippen molar-refractivity contribution >= 4 is 12.2 Å². The van der Waals surface area contributed by atoms with E-state index >= 15 is 0 Å². The van der Waals surface area contributed by atoms with E-state index in [0.717, 1.165) is 49.6 Å². The molecule has 0 bridgehead atoms. The number of hydrogen-bond donors (Lipinski definition) is 1. The molecule has 3 rings (SSSR count). The molecule has 1 aliphatic carbocycles. The summed E-state index contributed by atoms with van der Waals surface area (Å²) in [5.41, 5.74) is 2.68. The number of piperazine rings is 1. The molecule has 0 radical (unpaired) electrons. The molecule has 1 fully saturated rings. The number of aromatic hydroxyl groups is 1. The smallest absolute Gasteiger partial charge is 0.123 e. The highest BCUT2D eigenvalue weighted by molar-refractivity contribution is 5.46. The summed E-state index contributed by atoms with van der Waals surface area (Å²) < 4.78 is 0. The molecule has 1 aromatic carbocycles. The minimum Gasteiger partial charge on any atom is -0.507 e. The van der Waals surface area contributed by atoms with Crippen molar-refractivity contribution in [3.8, 4) is 5.75 Å². The van der Waals surface area contributed by atoms with Gasteiger partial charge in [0.25, 0.3) is 0 Å². The second-order valence-corrected chi connectivity index (χ2v) is 7.25. The van der Waals surface area contributed by atoms with Crippen molar-refractivity contribution in [1.82, 2.24) is 9.80 Å². The fourth-order valence-electron chi connectivity index (χ4n) is 3.85. The molecule has 0 spiro atoms. The first-order valence-corrected chi connectivity index (χ1v) is 12.2. The van der Waals surface area contributed by atoms with Crippen LogP contribution in [0.2, 0.25) is 0 Å². The van der Waals surface area contributed by atoms with Gasteiger partial charge in [0.2, 0.25) is 0 Å². The predicted octanol–water partition coefficient (Wildman–Crippen LogP) is 5.34. The highest BCUT2D eigenvalue weighted by Crippen LogP contribution is 2.17. The third-order valence-corrected chi connectivity index (χ3v) is 5.32. The third-order valence-electron chi connectivity index (χ3n) is 5.32. The normalized spacial score (nSPS) is 17.7. The van der Waals surface area contributed by atoms with Gasteiger partial charge in [-0.15, -0.1) is 0 Å². The van der Waals surface area contributed by atoms with E-state index in [4.69, 9.17) is 0 Å². The summed E-state index contributed by atoms with van der Waals surface area (Å²) in [5, 5.41) is 12.4. The number of allylic oxidation sites excluding steroid dienone is 5. The second-order valence-electron chi connectivity index (χ2n) is 7.25. The van der Waals surface area contributed by atoms with Crippen LogP contribution in [0, 0.1) is 0 Å². The molecule has 1 heterocycles. The minimum absolute atomic E-state index is 0.372. The second kappa shape index (κ2) is 15.5. The van der Waals surface area contributed by atoms with Crippen molar-refractivity contribution < 1.29 is 5.11 Å². The first kappa shape index (κ1) is 26.8. The molecule has 0 unspecified atom stereocenters. The largest absolute Gasteiger partial charge is 0.507 e. The fourth-order valence-corrected chi connectivity index (χ4v) is 3.85. The number of hydrogen-bond acceptors (Lipinski definition) is 3. The first-order valence-electron chi connectivity index (χ1n) is 12.2. The van der Waals surface area contributed by atoms with Gasteiger partial charge in [-0.1, -0.05) is 77.1 Å². The highest BCUT2D eigenvalue weighted by atomic mass is 16.3. The molecular formula is C28H44N2O. The van der Waals surface area contributed by atoms with E-state index in [0.29, 0.717) is 5.75 Å². The molecule has 1 aliphatic heterocycles. The van der Waals surface area contributed by atoms with Gasteiger partial charge in [-0.3, -0.25) is 4.90 Å². The standard InChI is InChI=1S/C24H32N2O.2C2H6/c1-3-5-12-22-20(13-14-24(27)23(22)9-4-2)19-25-15-17-26(18-16-25)21-10-7-6-8-11-21;2*1-2/h3,5,7,9-14,27H,4,6,8,15-19H2,1-2H3;2*1-2H3/b5-3-,22-12-,23-9-;;. The molecule has 0 atom stereocenters. The molecule has 0 aromatic heterocycles. The maximum absolute atomic E-state index is 10.3. The van der Waals surface area contributed by atoms with Crippen LogP contribution in [-0.2, 0) is 6.54 Å². The molecule has 1 N–H and O–H groups in total. The molecule has 3 nitrogen and oxygen atoms in total. The molecule has 172 valence electrons. The fraction of sp³-hybridized carbons (Fsp3) is 0.500. The summed E-state index contributed by atoms with van der Waals surface area (Å²) in [6, 6.07) is 3.92. The summed E-state index contributed by atoms with van der Waals surface area (Å²) in [6.45, 7) is 17.4. The lowest BCUT2D eigenvalue weighted by atomic mass is 10.1. The van der Waals surface area contributed by atoms with Crippen LogP contribution in [-0.4, -0.2) is 41.1 Å². The van der Waals surface area contributed by atoms with Crippen LogP contribution >= 0.6 is 0 Å². The van der Waals surface area contributed by atoms with Crippen LogP contribution in [0.4, 0.5) is 0 Å². The molecule has 0 amide bonds. The van der Waals surface area contributed by atoms with Gasteiger partial charge in [0.05, 0.1) is 0 Å². The first-order chi connectivity index (χ1) is 15.2. The Balaban J connectivity index is 0.00000113. The summed E-state index contributed by atoms with van der Waals surface area (Å²) in [6.07, 6.45) is 18.5. The Hall–Kier alpha value is -2.26. The summed E-state index contributed by atoms with van der Waals surface area (Å²) >= 11 is 0. The number of rotatable bonds is 5. The van der Waals surface area contributed by atoms with E-state index < -0.39 is 0 Å². The van der Waals surface area contributed by atoms with Gasteiger partial charge in [0.15, 0.2) is 0 Å². The number of phenolic OH excluding ortho intramolecular Hbond substituents is 1.